The largest absolute Gasteiger partial charge is 0.310 e. The van der Waals surface area contributed by atoms with Gasteiger partial charge in [-0.15, -0.1) is 0 Å². The van der Waals surface area contributed by atoms with E-state index in [2.05, 4.69) is 43.4 Å². The Kier molecular flexibility index (Phi) is 5.95. The molecule has 0 aliphatic heterocycles. The van der Waals surface area contributed by atoms with Gasteiger partial charge in [0.1, 0.15) is 0 Å². The summed E-state index contributed by atoms with van der Waals surface area (Å²) in [5.74, 6) is 0.426. The Morgan fingerprint density at radius 3 is 2.24 bits per heavy atom. The summed E-state index contributed by atoms with van der Waals surface area (Å²) in [6.07, 6.45) is 0. The maximum Gasteiger partial charge on any atom is 0.0781 e. The fourth-order valence-electron chi connectivity index (χ4n) is 2.24. The van der Waals surface area contributed by atoms with Gasteiger partial charge in [0, 0.05) is 12.6 Å². The molecule has 1 N–H and O–H groups in total. The van der Waals surface area contributed by atoms with E-state index in [1.807, 2.05) is 12.1 Å². The van der Waals surface area contributed by atoms with Gasteiger partial charge in [0.15, 0.2) is 0 Å². The van der Waals surface area contributed by atoms with Crippen LogP contribution >= 0.6 is 34.8 Å². The van der Waals surface area contributed by atoms with Crippen molar-refractivity contribution in [2.24, 2.45) is 0 Å². The van der Waals surface area contributed by atoms with Gasteiger partial charge in [-0.2, -0.15) is 0 Å². The van der Waals surface area contributed by atoms with Crippen molar-refractivity contribution >= 4 is 34.8 Å². The van der Waals surface area contributed by atoms with Gasteiger partial charge in [0.05, 0.1) is 15.1 Å². The van der Waals surface area contributed by atoms with Gasteiger partial charge in [-0.25, -0.2) is 0 Å². The minimum absolute atomic E-state index is 0.110. The van der Waals surface area contributed by atoms with Gasteiger partial charge in [0.2, 0.25) is 0 Å². The molecule has 0 saturated carbocycles. The van der Waals surface area contributed by atoms with Crippen LogP contribution in [0.3, 0.4) is 0 Å². The molecule has 0 aliphatic rings. The van der Waals surface area contributed by atoms with E-state index < -0.39 is 0 Å². The van der Waals surface area contributed by atoms with E-state index in [1.54, 1.807) is 6.07 Å². The lowest BCUT2D eigenvalue weighted by atomic mass is 10.0. The normalized spacial score (nSPS) is 14.0. The smallest absolute Gasteiger partial charge is 0.0781 e. The molecule has 112 valence electrons. The molecule has 0 aliphatic carbocycles. The van der Waals surface area contributed by atoms with Crippen molar-refractivity contribution in [3.63, 3.8) is 0 Å². The minimum Gasteiger partial charge on any atom is -0.310 e. The molecule has 0 aromatic heterocycles. The van der Waals surface area contributed by atoms with Crippen molar-refractivity contribution in [2.45, 2.75) is 25.8 Å². The fraction of sp³-hybridized carbons (Fsp3) is 0.294. The van der Waals surface area contributed by atoms with E-state index in [-0.39, 0.29) is 6.04 Å². The second-order valence-corrected chi connectivity index (χ2v) is 6.37. The topological polar surface area (TPSA) is 12.0 Å². The predicted octanol–water partition coefficient (Wildman–Crippen LogP) is 6.10. The zero-order chi connectivity index (χ0) is 15.4. The molecular formula is C17H18Cl3N. The van der Waals surface area contributed by atoms with Crippen LogP contribution in [0.2, 0.25) is 15.1 Å². The molecule has 2 rings (SSSR count). The molecule has 0 spiro atoms. The SMILES string of the molecule is CC(CNC(C)c1ccc(Cl)c(Cl)c1Cl)c1ccccc1. The summed E-state index contributed by atoms with van der Waals surface area (Å²) < 4.78 is 0. The first-order chi connectivity index (χ1) is 10.0. The highest BCUT2D eigenvalue weighted by atomic mass is 35.5. The van der Waals surface area contributed by atoms with E-state index in [1.165, 1.54) is 5.56 Å². The quantitative estimate of drug-likeness (QED) is 0.647. The first-order valence-corrected chi connectivity index (χ1v) is 8.05. The summed E-state index contributed by atoms with van der Waals surface area (Å²) in [6, 6.07) is 14.2. The Balaban J connectivity index is 2.02. The Hall–Kier alpha value is -0.730. The minimum atomic E-state index is 0.110. The van der Waals surface area contributed by atoms with Crippen LogP contribution in [0.1, 0.15) is 36.9 Å². The van der Waals surface area contributed by atoms with Crippen molar-refractivity contribution in [3.05, 3.63) is 68.7 Å². The summed E-state index contributed by atoms with van der Waals surface area (Å²) in [5.41, 5.74) is 2.28. The molecule has 2 aromatic carbocycles. The van der Waals surface area contributed by atoms with E-state index in [4.69, 9.17) is 34.8 Å². The maximum absolute atomic E-state index is 6.27. The van der Waals surface area contributed by atoms with Gasteiger partial charge in [-0.3, -0.25) is 0 Å². The Labute approximate surface area is 141 Å². The molecule has 2 unspecified atom stereocenters. The molecule has 0 fully saturated rings. The average Bonchev–Trinajstić information content (AvgIpc) is 2.51. The summed E-state index contributed by atoms with van der Waals surface area (Å²) >= 11 is 18.3. The molecule has 2 atom stereocenters. The Morgan fingerprint density at radius 2 is 1.57 bits per heavy atom. The third-order valence-corrected chi connectivity index (χ3v) is 4.94. The van der Waals surface area contributed by atoms with Gasteiger partial charge >= 0.3 is 0 Å². The summed E-state index contributed by atoms with van der Waals surface area (Å²) in [7, 11) is 0. The zero-order valence-electron chi connectivity index (χ0n) is 12.0. The highest BCUT2D eigenvalue weighted by Crippen LogP contribution is 2.35. The number of rotatable bonds is 5. The second kappa shape index (κ2) is 7.51. The number of benzene rings is 2. The number of halogens is 3. The molecule has 0 saturated heterocycles. The predicted molar refractivity (Wildman–Crippen MR) is 92.7 cm³/mol. The van der Waals surface area contributed by atoms with Crippen LogP contribution in [0.25, 0.3) is 0 Å². The molecule has 4 heteroatoms. The third-order valence-electron chi connectivity index (χ3n) is 3.63. The number of hydrogen-bond donors (Lipinski definition) is 1. The van der Waals surface area contributed by atoms with Crippen LogP contribution in [-0.2, 0) is 0 Å². The zero-order valence-corrected chi connectivity index (χ0v) is 14.3. The van der Waals surface area contributed by atoms with Crippen molar-refractivity contribution in [1.29, 1.82) is 0 Å². The van der Waals surface area contributed by atoms with Gasteiger partial charge < -0.3 is 5.32 Å². The second-order valence-electron chi connectivity index (χ2n) is 5.21. The highest BCUT2D eigenvalue weighted by molar-refractivity contribution is 6.48. The van der Waals surface area contributed by atoms with Gasteiger partial charge in [0.25, 0.3) is 0 Å². The molecule has 0 bridgehead atoms. The summed E-state index contributed by atoms with van der Waals surface area (Å²) in [6.45, 7) is 5.14. The molecule has 0 radical (unpaired) electrons. The standard InChI is InChI=1S/C17H18Cl3N/c1-11(13-6-4-3-5-7-13)10-21-12(2)14-8-9-15(18)17(20)16(14)19/h3-9,11-12,21H,10H2,1-2H3. The van der Waals surface area contributed by atoms with Crippen molar-refractivity contribution in [1.82, 2.24) is 5.32 Å². The first kappa shape index (κ1) is 16.6. The van der Waals surface area contributed by atoms with Crippen LogP contribution in [-0.4, -0.2) is 6.54 Å². The van der Waals surface area contributed by atoms with Crippen LogP contribution < -0.4 is 5.32 Å². The van der Waals surface area contributed by atoms with Crippen molar-refractivity contribution < 1.29 is 0 Å². The summed E-state index contributed by atoms with van der Waals surface area (Å²) in [4.78, 5) is 0. The third kappa shape index (κ3) is 4.14. The van der Waals surface area contributed by atoms with E-state index in [9.17, 15) is 0 Å². The molecule has 0 amide bonds. The molecule has 21 heavy (non-hydrogen) atoms. The van der Waals surface area contributed by atoms with Crippen molar-refractivity contribution in [2.75, 3.05) is 6.54 Å². The molecule has 1 nitrogen and oxygen atoms in total. The van der Waals surface area contributed by atoms with Crippen LogP contribution in [0, 0.1) is 0 Å². The van der Waals surface area contributed by atoms with Crippen molar-refractivity contribution in [3.8, 4) is 0 Å². The van der Waals surface area contributed by atoms with Gasteiger partial charge in [-0.05, 0) is 30.0 Å². The highest BCUT2D eigenvalue weighted by Gasteiger charge is 2.15. The lowest BCUT2D eigenvalue weighted by molar-refractivity contribution is 0.537. The number of nitrogens with one attached hydrogen (secondary N) is 1. The van der Waals surface area contributed by atoms with Crippen LogP contribution in [0.4, 0.5) is 0 Å². The van der Waals surface area contributed by atoms with E-state index in [0.29, 0.717) is 21.0 Å². The number of hydrogen-bond acceptors (Lipinski definition) is 1. The van der Waals surface area contributed by atoms with Gasteiger partial charge in [-0.1, -0.05) is 78.1 Å². The van der Waals surface area contributed by atoms with Crippen LogP contribution in [0.15, 0.2) is 42.5 Å². The maximum atomic E-state index is 6.27. The Morgan fingerprint density at radius 1 is 0.905 bits per heavy atom. The molecule has 2 aromatic rings. The molecule has 0 heterocycles. The van der Waals surface area contributed by atoms with E-state index in [0.717, 1.165) is 12.1 Å². The molecular weight excluding hydrogens is 325 g/mol. The van der Waals surface area contributed by atoms with Crippen LogP contribution in [0.5, 0.6) is 0 Å². The Bertz CT molecular complexity index is 598. The lowest BCUT2D eigenvalue weighted by Gasteiger charge is -2.20. The lowest BCUT2D eigenvalue weighted by Crippen LogP contribution is -2.23. The van der Waals surface area contributed by atoms with E-state index >= 15 is 0 Å². The average molecular weight is 343 g/mol. The summed E-state index contributed by atoms with van der Waals surface area (Å²) in [5, 5.41) is 4.92. The monoisotopic (exact) mass is 341 g/mol. The fourth-order valence-corrected chi connectivity index (χ4v) is 2.94. The first-order valence-electron chi connectivity index (χ1n) is 6.92.